The van der Waals surface area contributed by atoms with Crippen LogP contribution in [0.25, 0.3) is 34.3 Å². The number of likely N-dealkylation sites (N-methyl/N-ethyl adjacent to an activating group) is 1. The van der Waals surface area contributed by atoms with E-state index >= 15 is 0 Å². The molecule has 5 rings (SSSR count). The fraction of sp³-hybridized carbons (Fsp3) is 0.133. The fourth-order valence-electron chi connectivity index (χ4n) is 4.10. The predicted molar refractivity (Wildman–Crippen MR) is 146 cm³/mol. The number of aryl methyl sites for hydroxylation is 1. The van der Waals surface area contributed by atoms with E-state index in [1.807, 2.05) is 96.8 Å². The number of carbonyl (C=O) groups is 1. The monoisotopic (exact) mass is 488 g/mol. The molecule has 5 aromatic rings. The maximum Gasteiger partial charge on any atom is 0.246 e. The van der Waals surface area contributed by atoms with Crippen molar-refractivity contribution in [2.45, 2.75) is 12.8 Å². The van der Waals surface area contributed by atoms with Crippen molar-refractivity contribution in [3.05, 3.63) is 115 Å². The van der Waals surface area contributed by atoms with Crippen LogP contribution in [-0.2, 0) is 11.2 Å². The van der Waals surface area contributed by atoms with E-state index in [2.05, 4.69) is 21.2 Å². The lowest BCUT2D eigenvalue weighted by molar-refractivity contribution is -0.124. The highest BCUT2D eigenvalue weighted by atomic mass is 16.2. The maximum absolute atomic E-state index is 12.9. The summed E-state index contributed by atoms with van der Waals surface area (Å²) in [6.45, 7) is 0.640. The first kappa shape index (κ1) is 23.9. The number of amides is 1. The van der Waals surface area contributed by atoms with Crippen LogP contribution in [0.5, 0.6) is 0 Å². The van der Waals surface area contributed by atoms with E-state index in [-0.39, 0.29) is 5.91 Å². The van der Waals surface area contributed by atoms with Gasteiger partial charge in [-0.15, -0.1) is 0 Å². The van der Waals surface area contributed by atoms with Crippen LogP contribution in [0.15, 0.2) is 104 Å². The summed E-state index contributed by atoms with van der Waals surface area (Å²) in [6, 6.07) is 25.9. The first-order chi connectivity index (χ1) is 18.2. The molecular weight excluding hydrogens is 460 g/mol. The second-order valence-corrected chi connectivity index (χ2v) is 8.80. The molecule has 0 saturated carbocycles. The van der Waals surface area contributed by atoms with Crippen LogP contribution in [-0.4, -0.2) is 49.4 Å². The summed E-state index contributed by atoms with van der Waals surface area (Å²) >= 11 is 0. The van der Waals surface area contributed by atoms with Crippen molar-refractivity contribution in [2.75, 3.05) is 13.6 Å². The van der Waals surface area contributed by atoms with E-state index in [0.717, 1.165) is 52.3 Å². The van der Waals surface area contributed by atoms with Crippen LogP contribution in [0, 0.1) is 0 Å². The standard InChI is InChI=1S/C30H28N6O/c1-35(19-9-13-26-20-28(33-32-26)23-10-4-2-5-11-23)29(37)17-16-25-22-36(27-14-6-3-7-15-27)34-30(25)24-12-8-18-31-21-24/h2-8,10-12,14-18,20-22H,9,13,19H2,1H3,(H,32,33). The Morgan fingerprint density at radius 1 is 1.00 bits per heavy atom. The molecule has 0 saturated heterocycles. The minimum atomic E-state index is -0.0563. The zero-order valence-electron chi connectivity index (χ0n) is 20.7. The molecule has 7 nitrogen and oxygen atoms in total. The Labute approximate surface area is 216 Å². The van der Waals surface area contributed by atoms with E-state index in [0.29, 0.717) is 6.54 Å². The number of aromatic amines is 1. The van der Waals surface area contributed by atoms with Crippen LogP contribution >= 0.6 is 0 Å². The molecule has 0 atom stereocenters. The van der Waals surface area contributed by atoms with Gasteiger partial charge in [0.1, 0.15) is 5.69 Å². The summed E-state index contributed by atoms with van der Waals surface area (Å²) in [7, 11) is 1.82. The number of pyridine rings is 1. The molecule has 184 valence electrons. The lowest BCUT2D eigenvalue weighted by Gasteiger charge is -2.14. The van der Waals surface area contributed by atoms with Crippen LogP contribution in [0.1, 0.15) is 17.7 Å². The van der Waals surface area contributed by atoms with Crippen molar-refractivity contribution in [3.63, 3.8) is 0 Å². The first-order valence-corrected chi connectivity index (χ1v) is 12.3. The third-order valence-electron chi connectivity index (χ3n) is 6.12. The number of hydrogen-bond acceptors (Lipinski definition) is 4. The lowest BCUT2D eigenvalue weighted by Crippen LogP contribution is -2.26. The van der Waals surface area contributed by atoms with Crippen molar-refractivity contribution >= 4 is 12.0 Å². The highest BCUT2D eigenvalue weighted by Gasteiger charge is 2.12. The van der Waals surface area contributed by atoms with Crippen LogP contribution in [0.3, 0.4) is 0 Å². The number of benzene rings is 2. The molecule has 0 spiro atoms. The van der Waals surface area contributed by atoms with E-state index in [9.17, 15) is 4.79 Å². The van der Waals surface area contributed by atoms with Gasteiger partial charge >= 0.3 is 0 Å². The van der Waals surface area contributed by atoms with Gasteiger partial charge in [0.2, 0.25) is 5.91 Å². The topological polar surface area (TPSA) is 79.7 Å². The number of carbonyl (C=O) groups excluding carboxylic acids is 1. The average molecular weight is 489 g/mol. The normalized spacial score (nSPS) is 11.2. The maximum atomic E-state index is 12.9. The van der Waals surface area contributed by atoms with E-state index in [4.69, 9.17) is 5.10 Å². The SMILES string of the molecule is CN(CCCc1cc(-c2ccccc2)n[nH]1)C(=O)C=Cc1cn(-c2ccccc2)nc1-c1cccnc1. The number of para-hydroxylation sites is 1. The zero-order chi connectivity index (χ0) is 25.5. The van der Waals surface area contributed by atoms with Gasteiger partial charge in [0.15, 0.2) is 0 Å². The minimum absolute atomic E-state index is 0.0563. The molecule has 0 unspecified atom stereocenters. The van der Waals surface area contributed by atoms with Crippen molar-refractivity contribution in [1.29, 1.82) is 0 Å². The Hall–Kier alpha value is -4.78. The zero-order valence-corrected chi connectivity index (χ0v) is 20.7. The number of H-pyrrole nitrogens is 1. The molecule has 1 amide bonds. The number of nitrogens with one attached hydrogen (secondary N) is 1. The van der Waals surface area contributed by atoms with Gasteiger partial charge < -0.3 is 4.90 Å². The molecule has 2 aromatic carbocycles. The van der Waals surface area contributed by atoms with Crippen LogP contribution in [0.4, 0.5) is 0 Å². The van der Waals surface area contributed by atoms with Gasteiger partial charge in [0.25, 0.3) is 0 Å². The summed E-state index contributed by atoms with van der Waals surface area (Å²) in [5, 5.41) is 12.3. The van der Waals surface area contributed by atoms with Gasteiger partial charge in [-0.05, 0) is 49.2 Å². The van der Waals surface area contributed by atoms with Gasteiger partial charge in [-0.1, -0.05) is 48.5 Å². The molecule has 3 heterocycles. The molecule has 37 heavy (non-hydrogen) atoms. The predicted octanol–water partition coefficient (Wildman–Crippen LogP) is 5.43. The molecule has 0 aliphatic heterocycles. The Kier molecular flexibility index (Phi) is 7.31. The van der Waals surface area contributed by atoms with Gasteiger partial charge in [-0.3, -0.25) is 14.9 Å². The van der Waals surface area contributed by atoms with Gasteiger partial charge in [-0.25, -0.2) is 4.68 Å². The molecule has 7 heteroatoms. The molecule has 0 fully saturated rings. The largest absolute Gasteiger partial charge is 0.342 e. The third-order valence-corrected chi connectivity index (χ3v) is 6.12. The fourth-order valence-corrected chi connectivity index (χ4v) is 4.10. The number of nitrogens with zero attached hydrogens (tertiary/aromatic N) is 5. The average Bonchev–Trinajstić information content (AvgIpc) is 3.61. The van der Waals surface area contributed by atoms with Gasteiger partial charge in [0.05, 0.1) is 11.4 Å². The number of hydrogen-bond donors (Lipinski definition) is 1. The highest BCUT2D eigenvalue weighted by molar-refractivity contribution is 5.92. The number of rotatable bonds is 9. The second kappa shape index (κ2) is 11.3. The van der Waals surface area contributed by atoms with Crippen molar-refractivity contribution < 1.29 is 4.79 Å². The Morgan fingerprint density at radius 3 is 2.51 bits per heavy atom. The quantitative estimate of drug-likeness (QED) is 0.281. The van der Waals surface area contributed by atoms with E-state index in [1.54, 1.807) is 23.4 Å². The first-order valence-electron chi connectivity index (χ1n) is 12.3. The molecular formula is C30H28N6O. The van der Waals surface area contributed by atoms with Gasteiger partial charge in [0, 0.05) is 60.6 Å². The summed E-state index contributed by atoms with van der Waals surface area (Å²) in [5.74, 6) is -0.0563. The van der Waals surface area contributed by atoms with Gasteiger partial charge in [-0.2, -0.15) is 10.2 Å². The Morgan fingerprint density at radius 2 is 1.76 bits per heavy atom. The smallest absolute Gasteiger partial charge is 0.246 e. The summed E-state index contributed by atoms with van der Waals surface area (Å²) in [4.78, 5) is 18.8. The van der Waals surface area contributed by atoms with Crippen molar-refractivity contribution in [1.82, 2.24) is 29.9 Å². The van der Waals surface area contributed by atoms with Crippen LogP contribution < -0.4 is 0 Å². The van der Waals surface area contributed by atoms with Crippen LogP contribution in [0.2, 0.25) is 0 Å². The van der Waals surface area contributed by atoms with E-state index < -0.39 is 0 Å². The Bertz CT molecular complexity index is 1470. The number of aromatic nitrogens is 5. The summed E-state index contributed by atoms with van der Waals surface area (Å²) in [5.41, 5.74) is 6.55. The molecule has 3 aromatic heterocycles. The molecule has 0 aliphatic rings. The summed E-state index contributed by atoms with van der Waals surface area (Å²) in [6.07, 6.45) is 10.5. The van der Waals surface area contributed by atoms with Crippen molar-refractivity contribution in [2.24, 2.45) is 0 Å². The molecule has 1 N–H and O–H groups in total. The molecule has 0 bridgehead atoms. The lowest BCUT2D eigenvalue weighted by atomic mass is 10.1. The summed E-state index contributed by atoms with van der Waals surface area (Å²) < 4.78 is 1.82. The highest BCUT2D eigenvalue weighted by Crippen LogP contribution is 2.24. The minimum Gasteiger partial charge on any atom is -0.342 e. The third kappa shape index (κ3) is 5.90. The van der Waals surface area contributed by atoms with E-state index in [1.165, 1.54) is 0 Å². The second-order valence-electron chi connectivity index (χ2n) is 8.80. The Balaban J connectivity index is 1.23. The molecule has 0 aliphatic carbocycles. The molecule has 0 radical (unpaired) electrons. The van der Waals surface area contributed by atoms with Crippen molar-refractivity contribution in [3.8, 4) is 28.2 Å².